The summed E-state index contributed by atoms with van der Waals surface area (Å²) in [5.41, 5.74) is 6.16. The molecule has 1 aromatic heterocycles. The highest BCUT2D eigenvalue weighted by Gasteiger charge is 2.15. The normalized spacial score (nSPS) is 12.5. The molecule has 0 saturated heterocycles. The van der Waals surface area contributed by atoms with Gasteiger partial charge < -0.3 is 15.6 Å². The van der Waals surface area contributed by atoms with E-state index in [4.69, 9.17) is 17.3 Å². The Morgan fingerprint density at radius 1 is 1.59 bits per heavy atom. The average Bonchev–Trinajstić information content (AvgIpc) is 2.67. The lowest BCUT2D eigenvalue weighted by Crippen LogP contribution is -2.40. The molecule has 17 heavy (non-hydrogen) atoms. The number of nitrogens with one attached hydrogen (secondary N) is 1. The molecule has 1 heterocycles. The summed E-state index contributed by atoms with van der Waals surface area (Å²) in [6.45, 7) is 5.29. The Kier molecular flexibility index (Phi) is 5.51. The SMILES string of the molecule is CCCn1cc(Cl)cc1C(=O)NC(CC)CN. The van der Waals surface area contributed by atoms with Crippen LogP contribution in [0, 0.1) is 0 Å². The first-order valence-electron chi connectivity index (χ1n) is 5.98. The maximum Gasteiger partial charge on any atom is 0.268 e. The minimum atomic E-state index is -0.109. The van der Waals surface area contributed by atoms with E-state index in [1.165, 1.54) is 0 Å². The summed E-state index contributed by atoms with van der Waals surface area (Å²) >= 11 is 5.92. The van der Waals surface area contributed by atoms with Gasteiger partial charge in [-0.15, -0.1) is 0 Å². The molecule has 5 heteroatoms. The summed E-state index contributed by atoms with van der Waals surface area (Å²) < 4.78 is 1.88. The van der Waals surface area contributed by atoms with E-state index in [0.717, 1.165) is 19.4 Å². The number of amides is 1. The first-order valence-corrected chi connectivity index (χ1v) is 6.36. The maximum atomic E-state index is 12.0. The smallest absolute Gasteiger partial charge is 0.268 e. The van der Waals surface area contributed by atoms with Gasteiger partial charge in [0.05, 0.1) is 5.02 Å². The van der Waals surface area contributed by atoms with Crippen LogP contribution < -0.4 is 11.1 Å². The van der Waals surface area contributed by atoms with E-state index in [1.54, 1.807) is 12.3 Å². The van der Waals surface area contributed by atoms with Gasteiger partial charge in [-0.2, -0.15) is 0 Å². The lowest BCUT2D eigenvalue weighted by atomic mass is 10.2. The zero-order valence-electron chi connectivity index (χ0n) is 10.4. The molecule has 4 nitrogen and oxygen atoms in total. The predicted octanol–water partition coefficient (Wildman–Crippen LogP) is 2.02. The van der Waals surface area contributed by atoms with Crippen molar-refractivity contribution in [2.75, 3.05) is 6.54 Å². The van der Waals surface area contributed by atoms with E-state index in [9.17, 15) is 4.79 Å². The molecule has 96 valence electrons. The van der Waals surface area contributed by atoms with Crippen molar-refractivity contribution in [3.8, 4) is 0 Å². The fraction of sp³-hybridized carbons (Fsp3) is 0.583. The van der Waals surface area contributed by atoms with Crippen molar-refractivity contribution in [3.05, 3.63) is 23.0 Å². The molecular formula is C12H20ClN3O. The first-order chi connectivity index (χ1) is 8.12. The summed E-state index contributed by atoms with van der Waals surface area (Å²) in [4.78, 5) is 12.0. The van der Waals surface area contributed by atoms with E-state index < -0.39 is 0 Å². The van der Waals surface area contributed by atoms with Gasteiger partial charge in [0.2, 0.25) is 0 Å². The van der Waals surface area contributed by atoms with E-state index in [1.807, 2.05) is 11.5 Å². The Hall–Kier alpha value is -1.00. The van der Waals surface area contributed by atoms with Crippen molar-refractivity contribution in [3.63, 3.8) is 0 Å². The molecule has 1 amide bonds. The molecule has 1 atom stereocenters. The van der Waals surface area contributed by atoms with Gasteiger partial charge in [-0.1, -0.05) is 25.4 Å². The van der Waals surface area contributed by atoms with Crippen LogP contribution in [0.15, 0.2) is 12.3 Å². The van der Waals surface area contributed by atoms with Gasteiger partial charge in [0.25, 0.3) is 5.91 Å². The number of carbonyl (C=O) groups is 1. The van der Waals surface area contributed by atoms with Gasteiger partial charge in [0.15, 0.2) is 0 Å². The monoisotopic (exact) mass is 257 g/mol. The Morgan fingerprint density at radius 3 is 2.82 bits per heavy atom. The minimum absolute atomic E-state index is 0.0197. The molecule has 0 radical (unpaired) electrons. The third-order valence-electron chi connectivity index (χ3n) is 2.67. The zero-order chi connectivity index (χ0) is 12.8. The van der Waals surface area contributed by atoms with E-state index in [2.05, 4.69) is 12.2 Å². The summed E-state index contributed by atoms with van der Waals surface area (Å²) in [6.07, 6.45) is 3.56. The van der Waals surface area contributed by atoms with Crippen molar-refractivity contribution < 1.29 is 4.79 Å². The van der Waals surface area contributed by atoms with Crippen LogP contribution in [0.5, 0.6) is 0 Å². The molecule has 0 bridgehead atoms. The summed E-state index contributed by atoms with van der Waals surface area (Å²) in [5, 5.41) is 3.49. The van der Waals surface area contributed by atoms with Crippen LogP contribution in [0.4, 0.5) is 0 Å². The minimum Gasteiger partial charge on any atom is -0.347 e. The molecular weight excluding hydrogens is 238 g/mol. The molecule has 1 aromatic rings. The molecule has 3 N–H and O–H groups in total. The topological polar surface area (TPSA) is 60.0 Å². The van der Waals surface area contributed by atoms with Gasteiger partial charge in [-0.25, -0.2) is 0 Å². The number of halogens is 1. The lowest BCUT2D eigenvalue weighted by molar-refractivity contribution is 0.0927. The van der Waals surface area contributed by atoms with Gasteiger partial charge >= 0.3 is 0 Å². The van der Waals surface area contributed by atoms with Gasteiger partial charge in [0.1, 0.15) is 5.69 Å². The Morgan fingerprint density at radius 2 is 2.29 bits per heavy atom. The van der Waals surface area contributed by atoms with Crippen LogP contribution in [0.2, 0.25) is 5.02 Å². The summed E-state index contributed by atoms with van der Waals surface area (Å²) in [5.74, 6) is -0.109. The third-order valence-corrected chi connectivity index (χ3v) is 2.88. The largest absolute Gasteiger partial charge is 0.347 e. The number of aromatic nitrogens is 1. The van der Waals surface area contributed by atoms with E-state index in [0.29, 0.717) is 17.3 Å². The standard InChI is InChI=1S/C12H20ClN3O/c1-3-5-16-8-9(13)6-11(16)12(17)15-10(4-2)7-14/h6,8,10H,3-5,7,14H2,1-2H3,(H,15,17). The number of nitrogens with zero attached hydrogens (tertiary/aromatic N) is 1. The van der Waals surface area contributed by atoms with Gasteiger partial charge in [-0.05, 0) is 18.9 Å². The Balaban J connectivity index is 2.80. The van der Waals surface area contributed by atoms with Crippen LogP contribution in [0.1, 0.15) is 37.2 Å². The second kappa shape index (κ2) is 6.67. The van der Waals surface area contributed by atoms with E-state index in [-0.39, 0.29) is 11.9 Å². The van der Waals surface area contributed by atoms with Crippen molar-refractivity contribution in [1.82, 2.24) is 9.88 Å². The summed E-state index contributed by atoms with van der Waals surface area (Å²) in [7, 11) is 0. The molecule has 1 unspecified atom stereocenters. The first kappa shape index (κ1) is 14.1. The lowest BCUT2D eigenvalue weighted by Gasteiger charge is -2.15. The molecule has 0 aliphatic rings. The Labute approximate surface area is 107 Å². The number of hydrogen-bond donors (Lipinski definition) is 2. The molecule has 0 spiro atoms. The van der Waals surface area contributed by atoms with Crippen LogP contribution in [-0.4, -0.2) is 23.1 Å². The summed E-state index contributed by atoms with van der Waals surface area (Å²) in [6, 6.07) is 1.71. The number of aryl methyl sites for hydroxylation is 1. The highest BCUT2D eigenvalue weighted by Crippen LogP contribution is 2.15. The molecule has 1 rings (SSSR count). The predicted molar refractivity (Wildman–Crippen MR) is 70.3 cm³/mol. The number of hydrogen-bond acceptors (Lipinski definition) is 2. The molecule has 0 aliphatic heterocycles. The second-order valence-electron chi connectivity index (χ2n) is 4.05. The molecule has 0 aromatic carbocycles. The van der Waals surface area contributed by atoms with Crippen molar-refractivity contribution in [2.24, 2.45) is 5.73 Å². The number of rotatable bonds is 6. The maximum absolute atomic E-state index is 12.0. The van der Waals surface area contributed by atoms with Gasteiger partial charge in [0, 0.05) is 25.3 Å². The van der Waals surface area contributed by atoms with Crippen LogP contribution in [0.3, 0.4) is 0 Å². The van der Waals surface area contributed by atoms with Crippen LogP contribution >= 0.6 is 11.6 Å². The van der Waals surface area contributed by atoms with Crippen molar-refractivity contribution in [1.29, 1.82) is 0 Å². The van der Waals surface area contributed by atoms with Crippen LogP contribution in [-0.2, 0) is 6.54 Å². The van der Waals surface area contributed by atoms with E-state index >= 15 is 0 Å². The van der Waals surface area contributed by atoms with Crippen molar-refractivity contribution >= 4 is 17.5 Å². The fourth-order valence-electron chi connectivity index (χ4n) is 1.68. The highest BCUT2D eigenvalue weighted by molar-refractivity contribution is 6.31. The van der Waals surface area contributed by atoms with Crippen LogP contribution in [0.25, 0.3) is 0 Å². The zero-order valence-corrected chi connectivity index (χ0v) is 11.1. The molecule has 0 fully saturated rings. The van der Waals surface area contributed by atoms with Gasteiger partial charge in [-0.3, -0.25) is 4.79 Å². The average molecular weight is 258 g/mol. The third kappa shape index (κ3) is 3.75. The van der Waals surface area contributed by atoms with Crippen molar-refractivity contribution in [2.45, 2.75) is 39.3 Å². The Bertz CT molecular complexity index is 372. The fourth-order valence-corrected chi connectivity index (χ4v) is 1.90. The number of nitrogens with two attached hydrogens (primary N) is 1. The quantitative estimate of drug-likeness (QED) is 0.819. The molecule has 0 saturated carbocycles. The number of carbonyl (C=O) groups excluding carboxylic acids is 1. The highest BCUT2D eigenvalue weighted by atomic mass is 35.5. The second-order valence-corrected chi connectivity index (χ2v) is 4.49. The molecule has 0 aliphatic carbocycles.